The van der Waals surface area contributed by atoms with Gasteiger partial charge in [-0.25, -0.2) is 0 Å². The van der Waals surface area contributed by atoms with Gasteiger partial charge in [-0.05, 0) is 51.3 Å². The third kappa shape index (κ3) is 7.12. The molecule has 0 aliphatic rings. The molecular weight excluding hydrogens is 486 g/mol. The van der Waals surface area contributed by atoms with Crippen LogP contribution in [0.3, 0.4) is 0 Å². The van der Waals surface area contributed by atoms with Gasteiger partial charge in [-0.2, -0.15) is 0 Å². The summed E-state index contributed by atoms with van der Waals surface area (Å²) in [6.45, 7) is 9.02. The zero-order valence-electron chi connectivity index (χ0n) is 15.6. The molecule has 0 N–H and O–H groups in total. The van der Waals surface area contributed by atoms with Gasteiger partial charge < -0.3 is 26.9 Å². The minimum absolute atomic E-state index is 0.0533. The highest BCUT2D eigenvalue weighted by molar-refractivity contribution is 8.68. The molecule has 0 amide bonds. The van der Waals surface area contributed by atoms with Crippen molar-refractivity contribution in [1.29, 1.82) is 0 Å². The van der Waals surface area contributed by atoms with Gasteiger partial charge in [0.15, 0.2) is 0 Å². The van der Waals surface area contributed by atoms with Crippen molar-refractivity contribution in [1.82, 2.24) is 20.4 Å². The van der Waals surface area contributed by atoms with E-state index in [1.807, 2.05) is 27.7 Å². The molecule has 0 aliphatic carbocycles. The van der Waals surface area contributed by atoms with E-state index >= 15 is 0 Å². The van der Waals surface area contributed by atoms with Crippen LogP contribution in [0.4, 0.5) is 0 Å². The fourth-order valence-corrected chi connectivity index (χ4v) is 9.96. The van der Waals surface area contributed by atoms with Crippen LogP contribution in [0.1, 0.15) is 27.7 Å². The monoisotopic (exact) mass is 506 g/mol. The molecule has 0 aromatic carbocycles. The molecule has 158 valence electrons. The van der Waals surface area contributed by atoms with Crippen LogP contribution in [-0.2, 0) is 41.7 Å². The Bertz CT molecular complexity index is 761. The number of hydrogen-bond acceptors (Lipinski definition) is 14. The van der Waals surface area contributed by atoms with Crippen molar-refractivity contribution in [2.24, 2.45) is 0 Å². The van der Waals surface area contributed by atoms with Crippen LogP contribution in [0, 0.1) is 0 Å². The molecule has 16 heteroatoms. The second-order valence-electron chi connectivity index (χ2n) is 4.49. The van der Waals surface area contributed by atoms with Crippen molar-refractivity contribution in [3.8, 4) is 11.8 Å². The van der Waals surface area contributed by atoms with Gasteiger partial charge in [0.2, 0.25) is 0 Å². The highest BCUT2D eigenvalue weighted by Gasteiger charge is 2.27. The van der Waals surface area contributed by atoms with Crippen LogP contribution in [0.2, 0.25) is 0 Å². The van der Waals surface area contributed by atoms with Crippen molar-refractivity contribution in [3.63, 3.8) is 0 Å². The molecule has 0 radical (unpaired) electrons. The van der Waals surface area contributed by atoms with E-state index in [4.69, 9.17) is 50.5 Å². The predicted molar refractivity (Wildman–Crippen MR) is 114 cm³/mol. The fraction of sp³-hybridized carbons (Fsp3) is 0.667. The molecule has 10 nitrogen and oxygen atoms in total. The van der Waals surface area contributed by atoms with Gasteiger partial charge in [-0.1, -0.05) is 0 Å². The Balaban J connectivity index is 2.12. The van der Waals surface area contributed by atoms with E-state index in [2.05, 4.69) is 20.4 Å². The van der Waals surface area contributed by atoms with Crippen LogP contribution < -0.4 is 0 Å². The average Bonchev–Trinajstić information content (AvgIpc) is 3.24. The van der Waals surface area contributed by atoms with Gasteiger partial charge in [0.25, 0.3) is 21.8 Å². The summed E-state index contributed by atoms with van der Waals surface area (Å²) in [5, 5.41) is 16.1. The van der Waals surface area contributed by atoms with E-state index in [0.29, 0.717) is 26.4 Å². The molecule has 2 rings (SSSR count). The Morgan fingerprint density at radius 3 is 1.29 bits per heavy atom. The summed E-state index contributed by atoms with van der Waals surface area (Å²) in [7, 11) is 0. The molecule has 0 bridgehead atoms. The lowest BCUT2D eigenvalue weighted by molar-refractivity contribution is 0.279. The van der Waals surface area contributed by atoms with Crippen LogP contribution in [0.15, 0.2) is 19.3 Å². The summed E-state index contributed by atoms with van der Waals surface area (Å²) >= 11 is 13.0. The highest BCUT2D eigenvalue weighted by atomic mass is 32.9. The average molecular weight is 507 g/mol. The van der Waals surface area contributed by atoms with E-state index in [1.54, 1.807) is 0 Å². The maximum Gasteiger partial charge on any atom is 0.306 e. The standard InChI is InChI=1S/C12H20N4O6P2S4/c1-5-17-23(25,18-6-2)27-11-15-13-9(21-11)10-14-16-12(22-10)28-24(26,19-7-3)20-8-4/h5-8H2,1-4H3. The van der Waals surface area contributed by atoms with Gasteiger partial charge in [0, 0.05) is 22.8 Å². The Labute approximate surface area is 181 Å². The van der Waals surface area contributed by atoms with Crippen molar-refractivity contribution in [3.05, 3.63) is 0 Å². The fourth-order valence-electron chi connectivity index (χ4n) is 1.67. The van der Waals surface area contributed by atoms with E-state index in [-0.39, 0.29) is 22.2 Å². The summed E-state index contributed by atoms with van der Waals surface area (Å²) in [6.07, 6.45) is 0. The third-order valence-corrected chi connectivity index (χ3v) is 12.1. The third-order valence-electron chi connectivity index (χ3n) is 2.52. The molecule has 2 aromatic rings. The van der Waals surface area contributed by atoms with Gasteiger partial charge in [0.05, 0.1) is 26.4 Å². The van der Waals surface area contributed by atoms with Crippen LogP contribution in [-0.4, -0.2) is 46.8 Å². The Morgan fingerprint density at radius 1 is 0.679 bits per heavy atom. The first-order valence-corrected chi connectivity index (χ1v) is 16.3. The molecule has 0 unspecified atom stereocenters. The molecular formula is C12H20N4O6P2S4. The molecule has 2 heterocycles. The second-order valence-corrected chi connectivity index (χ2v) is 16.6. The zero-order chi connectivity index (χ0) is 20.6. The smallest absolute Gasteiger partial charge is 0.306 e. The lowest BCUT2D eigenvalue weighted by Gasteiger charge is -2.17. The zero-order valence-corrected chi connectivity index (χ0v) is 20.6. The van der Waals surface area contributed by atoms with E-state index < -0.39 is 11.4 Å². The summed E-state index contributed by atoms with van der Waals surface area (Å²) < 4.78 is 33.3. The number of aromatic nitrogens is 4. The van der Waals surface area contributed by atoms with Gasteiger partial charge in [-0.15, -0.1) is 20.4 Å². The Hall–Kier alpha value is 0.120. The van der Waals surface area contributed by atoms with E-state index in [0.717, 1.165) is 22.8 Å². The largest absolute Gasteiger partial charge is 0.407 e. The lowest BCUT2D eigenvalue weighted by Crippen LogP contribution is -1.91. The van der Waals surface area contributed by atoms with Crippen molar-refractivity contribution < 1.29 is 26.9 Å². The van der Waals surface area contributed by atoms with Gasteiger partial charge >= 0.3 is 11.8 Å². The van der Waals surface area contributed by atoms with Crippen molar-refractivity contribution in [2.45, 2.75) is 38.1 Å². The molecule has 0 atom stereocenters. The van der Waals surface area contributed by atoms with Crippen LogP contribution >= 0.6 is 34.2 Å². The number of nitrogens with zero attached hydrogens (tertiary/aromatic N) is 4. The first kappa shape index (κ1) is 24.4. The Kier molecular flexibility index (Phi) is 10.0. The minimum atomic E-state index is -2.62. The Morgan fingerprint density at radius 2 is 1.00 bits per heavy atom. The summed E-state index contributed by atoms with van der Waals surface area (Å²) in [5.41, 5.74) is -5.23. The quantitative estimate of drug-likeness (QED) is 0.343. The number of rotatable bonds is 13. The first-order valence-electron chi connectivity index (χ1n) is 8.21. The van der Waals surface area contributed by atoms with E-state index in [1.165, 1.54) is 0 Å². The summed E-state index contributed by atoms with van der Waals surface area (Å²) in [5.74, 6) is 0.107. The molecule has 2 aromatic heterocycles. The minimum Gasteiger partial charge on any atom is -0.407 e. The SMILES string of the molecule is CCOP(=S)(OCC)Sc1nnc(-c2nnc(SP(=S)(OCC)OCC)o2)o1. The van der Waals surface area contributed by atoms with Crippen molar-refractivity contribution in [2.75, 3.05) is 26.4 Å². The molecule has 0 fully saturated rings. The van der Waals surface area contributed by atoms with Crippen LogP contribution in [0.25, 0.3) is 11.8 Å². The second kappa shape index (κ2) is 11.5. The topological polar surface area (TPSA) is 115 Å². The van der Waals surface area contributed by atoms with Crippen molar-refractivity contribution >= 4 is 57.8 Å². The molecule has 0 saturated carbocycles. The normalized spacial score (nSPS) is 12.6. The maximum absolute atomic E-state index is 5.55. The molecule has 0 saturated heterocycles. The first-order chi connectivity index (χ1) is 13.4. The van der Waals surface area contributed by atoms with E-state index in [9.17, 15) is 0 Å². The predicted octanol–water partition coefficient (Wildman–Crippen LogP) is 4.90. The van der Waals surface area contributed by atoms with Gasteiger partial charge in [0.1, 0.15) is 0 Å². The maximum atomic E-state index is 5.55. The van der Waals surface area contributed by atoms with Crippen LogP contribution in [0.5, 0.6) is 0 Å². The summed E-state index contributed by atoms with van der Waals surface area (Å²) in [6, 6.07) is 0. The number of hydrogen-bond donors (Lipinski definition) is 0. The highest BCUT2D eigenvalue weighted by Crippen LogP contribution is 2.64. The molecule has 0 aliphatic heterocycles. The molecule has 0 spiro atoms. The lowest BCUT2D eigenvalue weighted by atomic mass is 10.7. The van der Waals surface area contributed by atoms with Gasteiger partial charge in [-0.3, -0.25) is 0 Å². The molecule has 28 heavy (non-hydrogen) atoms. The summed E-state index contributed by atoms with van der Waals surface area (Å²) in [4.78, 5) is 0.